The van der Waals surface area contributed by atoms with E-state index in [2.05, 4.69) is 5.10 Å². The van der Waals surface area contributed by atoms with Crippen molar-refractivity contribution in [2.75, 3.05) is 7.05 Å². The van der Waals surface area contributed by atoms with Gasteiger partial charge in [-0.1, -0.05) is 6.42 Å². The summed E-state index contributed by atoms with van der Waals surface area (Å²) in [5.41, 5.74) is 1.02. The average molecular weight is 170 g/mol. The van der Waals surface area contributed by atoms with Gasteiger partial charge in [-0.15, -0.1) is 0 Å². The van der Waals surface area contributed by atoms with Crippen LogP contribution in [0.25, 0.3) is 0 Å². The molecule has 1 amide bonds. The Morgan fingerprint density at radius 1 is 1.42 bits per heavy atom. The number of hydrogen-bond acceptors (Lipinski definition) is 2. The van der Waals surface area contributed by atoms with Crippen LogP contribution in [0.3, 0.4) is 0 Å². The minimum atomic E-state index is -0.993. The second-order valence-corrected chi connectivity index (χ2v) is 3.03. The molecule has 0 atom stereocenters. The predicted molar refractivity (Wildman–Crippen MR) is 46.3 cm³/mol. The Labute approximate surface area is 71.9 Å². The first kappa shape index (κ1) is 9.03. The molecule has 1 aliphatic rings. The fourth-order valence-corrected chi connectivity index (χ4v) is 1.31. The molecule has 0 radical (unpaired) electrons. The molecule has 0 bridgehead atoms. The van der Waals surface area contributed by atoms with Crippen LogP contribution in [0.4, 0.5) is 4.79 Å². The van der Waals surface area contributed by atoms with Gasteiger partial charge in [0.2, 0.25) is 0 Å². The molecule has 4 nitrogen and oxygen atoms in total. The Bertz CT molecular complexity index is 193. The molecular weight excluding hydrogens is 156 g/mol. The van der Waals surface area contributed by atoms with Gasteiger partial charge in [0.05, 0.1) is 0 Å². The largest absolute Gasteiger partial charge is 0.464 e. The van der Waals surface area contributed by atoms with Gasteiger partial charge in [0.1, 0.15) is 0 Å². The number of hydrazone groups is 1. The van der Waals surface area contributed by atoms with Gasteiger partial charge in [-0.05, 0) is 25.7 Å². The molecule has 0 unspecified atom stereocenters. The smallest absolute Gasteiger partial charge is 0.427 e. The molecule has 68 valence electrons. The molecular formula is C8H14N2O2. The molecule has 0 heterocycles. The van der Waals surface area contributed by atoms with Crippen LogP contribution < -0.4 is 0 Å². The number of amides is 1. The second-order valence-electron chi connectivity index (χ2n) is 3.03. The summed E-state index contributed by atoms with van der Waals surface area (Å²) in [6, 6.07) is 0. The fourth-order valence-electron chi connectivity index (χ4n) is 1.31. The maximum atomic E-state index is 10.4. The van der Waals surface area contributed by atoms with Crippen LogP contribution in [0, 0.1) is 0 Å². The summed E-state index contributed by atoms with van der Waals surface area (Å²) in [6.07, 6.45) is 4.46. The number of rotatable bonds is 1. The van der Waals surface area contributed by atoms with E-state index in [-0.39, 0.29) is 0 Å². The van der Waals surface area contributed by atoms with E-state index in [4.69, 9.17) is 5.11 Å². The lowest BCUT2D eigenvalue weighted by molar-refractivity contribution is 0.157. The standard InChI is InChI=1S/C8H14N2O2/c1-10(8(11)12)9-7-5-3-2-4-6-7/h2-6H2,1H3,(H,11,12). The lowest BCUT2D eigenvalue weighted by Gasteiger charge is -2.14. The van der Waals surface area contributed by atoms with Crippen molar-refractivity contribution in [3.05, 3.63) is 0 Å². The van der Waals surface area contributed by atoms with E-state index in [1.807, 2.05) is 0 Å². The van der Waals surface area contributed by atoms with Gasteiger partial charge in [-0.2, -0.15) is 5.10 Å². The monoisotopic (exact) mass is 170 g/mol. The highest BCUT2D eigenvalue weighted by atomic mass is 16.4. The van der Waals surface area contributed by atoms with Crippen LogP contribution >= 0.6 is 0 Å². The molecule has 4 heteroatoms. The first-order valence-corrected chi connectivity index (χ1v) is 4.23. The Morgan fingerprint density at radius 3 is 2.50 bits per heavy atom. The molecule has 0 aromatic rings. The highest BCUT2D eigenvalue weighted by Gasteiger charge is 2.09. The molecule has 12 heavy (non-hydrogen) atoms. The quantitative estimate of drug-likeness (QED) is 0.611. The second kappa shape index (κ2) is 4.09. The lowest BCUT2D eigenvalue weighted by Crippen LogP contribution is -2.21. The highest BCUT2D eigenvalue weighted by molar-refractivity contribution is 5.85. The van der Waals surface area contributed by atoms with Crippen molar-refractivity contribution in [2.45, 2.75) is 32.1 Å². The van der Waals surface area contributed by atoms with Crippen LogP contribution in [0.15, 0.2) is 5.10 Å². The summed E-state index contributed by atoms with van der Waals surface area (Å²) < 4.78 is 0. The van der Waals surface area contributed by atoms with E-state index in [1.165, 1.54) is 13.5 Å². The summed E-state index contributed by atoms with van der Waals surface area (Å²) in [4.78, 5) is 10.4. The zero-order chi connectivity index (χ0) is 8.97. The topological polar surface area (TPSA) is 52.9 Å². The number of carbonyl (C=O) groups is 1. The van der Waals surface area contributed by atoms with E-state index in [0.717, 1.165) is 36.4 Å². The molecule has 0 saturated heterocycles. The summed E-state index contributed by atoms with van der Waals surface area (Å²) in [5, 5.41) is 13.5. The first-order valence-electron chi connectivity index (χ1n) is 4.23. The molecule has 1 saturated carbocycles. The Hall–Kier alpha value is -1.06. The van der Waals surface area contributed by atoms with Crippen molar-refractivity contribution in [3.8, 4) is 0 Å². The maximum absolute atomic E-state index is 10.4. The Kier molecular flexibility index (Phi) is 3.08. The van der Waals surface area contributed by atoms with Gasteiger partial charge in [0.15, 0.2) is 0 Å². The third-order valence-corrected chi connectivity index (χ3v) is 2.00. The molecule has 0 aromatic carbocycles. The van der Waals surface area contributed by atoms with Gasteiger partial charge >= 0.3 is 6.09 Å². The fraction of sp³-hybridized carbons (Fsp3) is 0.750. The molecule has 1 fully saturated rings. The van der Waals surface area contributed by atoms with Gasteiger partial charge in [0, 0.05) is 12.8 Å². The zero-order valence-corrected chi connectivity index (χ0v) is 7.29. The van der Waals surface area contributed by atoms with E-state index < -0.39 is 6.09 Å². The van der Waals surface area contributed by atoms with E-state index in [9.17, 15) is 4.79 Å². The molecule has 1 rings (SSSR count). The molecule has 0 aliphatic heterocycles. The van der Waals surface area contributed by atoms with Gasteiger partial charge in [0.25, 0.3) is 0 Å². The Balaban J connectivity index is 2.48. The van der Waals surface area contributed by atoms with Crippen molar-refractivity contribution in [2.24, 2.45) is 5.10 Å². The van der Waals surface area contributed by atoms with Gasteiger partial charge < -0.3 is 5.11 Å². The van der Waals surface area contributed by atoms with Crippen LogP contribution in [0.5, 0.6) is 0 Å². The third-order valence-electron chi connectivity index (χ3n) is 2.00. The summed E-state index contributed by atoms with van der Waals surface area (Å²) in [6.45, 7) is 0. The first-order chi connectivity index (χ1) is 5.70. The molecule has 1 N–H and O–H groups in total. The Morgan fingerprint density at radius 2 is 2.00 bits per heavy atom. The van der Waals surface area contributed by atoms with Crippen molar-refractivity contribution < 1.29 is 9.90 Å². The number of carboxylic acid groups (broad SMARTS) is 1. The minimum Gasteiger partial charge on any atom is -0.464 e. The van der Waals surface area contributed by atoms with Crippen LogP contribution in [-0.4, -0.2) is 29.0 Å². The highest BCUT2D eigenvalue weighted by Crippen LogP contribution is 2.15. The van der Waals surface area contributed by atoms with Crippen LogP contribution in [0.2, 0.25) is 0 Å². The van der Waals surface area contributed by atoms with Crippen molar-refractivity contribution in [1.82, 2.24) is 5.01 Å². The molecule has 1 aliphatic carbocycles. The van der Waals surface area contributed by atoms with Crippen LogP contribution in [0.1, 0.15) is 32.1 Å². The zero-order valence-electron chi connectivity index (χ0n) is 7.29. The van der Waals surface area contributed by atoms with E-state index in [0.29, 0.717) is 0 Å². The number of hydrogen-bond donors (Lipinski definition) is 1. The van der Waals surface area contributed by atoms with Crippen molar-refractivity contribution >= 4 is 11.8 Å². The normalized spacial score (nSPS) is 17.2. The minimum absolute atomic E-state index is 0.956. The predicted octanol–water partition coefficient (Wildman–Crippen LogP) is 1.92. The molecule has 0 aromatic heterocycles. The van der Waals surface area contributed by atoms with E-state index in [1.54, 1.807) is 0 Å². The molecule has 0 spiro atoms. The van der Waals surface area contributed by atoms with Gasteiger partial charge in [-0.25, -0.2) is 9.80 Å². The average Bonchev–Trinajstić information content (AvgIpc) is 2.06. The summed E-state index contributed by atoms with van der Waals surface area (Å²) in [7, 11) is 1.46. The van der Waals surface area contributed by atoms with Crippen molar-refractivity contribution in [3.63, 3.8) is 0 Å². The van der Waals surface area contributed by atoms with Crippen molar-refractivity contribution in [1.29, 1.82) is 0 Å². The summed E-state index contributed by atoms with van der Waals surface area (Å²) in [5.74, 6) is 0. The maximum Gasteiger partial charge on any atom is 0.427 e. The third kappa shape index (κ3) is 2.53. The van der Waals surface area contributed by atoms with E-state index >= 15 is 0 Å². The van der Waals surface area contributed by atoms with Crippen LogP contribution in [-0.2, 0) is 0 Å². The van der Waals surface area contributed by atoms with Gasteiger partial charge in [-0.3, -0.25) is 0 Å². The number of nitrogens with zero attached hydrogens (tertiary/aromatic N) is 2. The summed E-state index contributed by atoms with van der Waals surface area (Å²) >= 11 is 0. The lowest BCUT2D eigenvalue weighted by atomic mass is 9.99. The SMILES string of the molecule is CN(N=C1CCCCC1)C(=O)O.